The topological polar surface area (TPSA) is 85.2 Å². The monoisotopic (exact) mass is 520 g/mol. The van der Waals surface area contributed by atoms with Gasteiger partial charge in [0.05, 0.1) is 19.1 Å². The predicted molar refractivity (Wildman–Crippen MR) is 132 cm³/mol. The SMILES string of the molecule is COc1cc2c(cc1C(=O)Nc1cccc(-c3nncn3C(C)C)n1)CN(SCCC(F)(F)F)CC2. The lowest BCUT2D eigenvalue weighted by Gasteiger charge is -2.28. The second-order valence-corrected chi connectivity index (χ2v) is 9.83. The minimum Gasteiger partial charge on any atom is -0.496 e. The summed E-state index contributed by atoms with van der Waals surface area (Å²) in [6.07, 6.45) is -2.71. The van der Waals surface area contributed by atoms with Gasteiger partial charge in [0, 0.05) is 24.9 Å². The largest absolute Gasteiger partial charge is 0.496 e. The number of nitrogens with one attached hydrogen (secondary N) is 1. The first kappa shape index (κ1) is 26.0. The van der Waals surface area contributed by atoms with Crippen molar-refractivity contribution < 1.29 is 22.7 Å². The lowest BCUT2D eigenvalue weighted by Crippen LogP contribution is -2.26. The van der Waals surface area contributed by atoms with E-state index in [2.05, 4.69) is 20.5 Å². The number of carbonyl (C=O) groups excluding carboxylic acids is 1. The second kappa shape index (κ2) is 10.9. The molecule has 0 radical (unpaired) electrons. The van der Waals surface area contributed by atoms with E-state index in [9.17, 15) is 18.0 Å². The van der Waals surface area contributed by atoms with Crippen molar-refractivity contribution in [2.45, 2.75) is 45.5 Å². The summed E-state index contributed by atoms with van der Waals surface area (Å²) in [5.74, 6) is 0.941. The molecule has 0 bridgehead atoms. The van der Waals surface area contributed by atoms with Gasteiger partial charge in [0.25, 0.3) is 5.91 Å². The number of rotatable bonds is 8. The second-order valence-electron chi connectivity index (χ2n) is 8.65. The highest BCUT2D eigenvalue weighted by atomic mass is 32.2. The van der Waals surface area contributed by atoms with Crippen molar-refractivity contribution in [1.82, 2.24) is 24.1 Å². The maximum Gasteiger partial charge on any atom is 0.389 e. The Labute approximate surface area is 211 Å². The minimum atomic E-state index is -4.17. The summed E-state index contributed by atoms with van der Waals surface area (Å²) in [4.78, 5) is 17.7. The van der Waals surface area contributed by atoms with Crippen LogP contribution in [0.4, 0.5) is 19.0 Å². The molecular formula is C24H27F3N6O2S. The first-order valence-electron chi connectivity index (χ1n) is 11.5. The molecule has 1 aliphatic rings. The van der Waals surface area contributed by atoms with Crippen LogP contribution >= 0.6 is 11.9 Å². The average molecular weight is 521 g/mol. The van der Waals surface area contributed by atoms with Crippen molar-refractivity contribution in [1.29, 1.82) is 0 Å². The molecule has 0 aliphatic carbocycles. The van der Waals surface area contributed by atoms with Crippen LogP contribution in [0.5, 0.6) is 5.75 Å². The summed E-state index contributed by atoms with van der Waals surface area (Å²) in [6.45, 7) is 5.09. The molecule has 0 fully saturated rings. The molecule has 0 saturated carbocycles. The number of ether oxygens (including phenoxy) is 1. The Morgan fingerprint density at radius 1 is 1.25 bits per heavy atom. The van der Waals surface area contributed by atoms with Gasteiger partial charge in [-0.05, 0) is 55.7 Å². The number of methoxy groups -OCH3 is 1. The fourth-order valence-electron chi connectivity index (χ4n) is 3.92. The van der Waals surface area contributed by atoms with Crippen LogP contribution < -0.4 is 10.1 Å². The van der Waals surface area contributed by atoms with E-state index in [4.69, 9.17) is 4.74 Å². The van der Waals surface area contributed by atoms with Crippen LogP contribution in [0.15, 0.2) is 36.7 Å². The number of alkyl halides is 3. The Hall–Kier alpha value is -3.12. The van der Waals surface area contributed by atoms with E-state index in [1.165, 1.54) is 19.1 Å². The van der Waals surface area contributed by atoms with Crippen LogP contribution in [-0.2, 0) is 13.0 Å². The van der Waals surface area contributed by atoms with Crippen LogP contribution in [0.1, 0.15) is 47.8 Å². The Bertz CT molecular complexity index is 1230. The molecule has 12 heteroatoms. The van der Waals surface area contributed by atoms with Crippen LogP contribution in [0, 0.1) is 0 Å². The Morgan fingerprint density at radius 3 is 2.78 bits per heavy atom. The molecule has 1 amide bonds. The zero-order valence-corrected chi connectivity index (χ0v) is 21.0. The number of benzene rings is 1. The van der Waals surface area contributed by atoms with Gasteiger partial charge in [0.2, 0.25) is 0 Å². The van der Waals surface area contributed by atoms with Gasteiger partial charge in [0.1, 0.15) is 23.6 Å². The minimum absolute atomic E-state index is 0.0328. The van der Waals surface area contributed by atoms with E-state index < -0.39 is 18.5 Å². The molecule has 1 aromatic carbocycles. The van der Waals surface area contributed by atoms with Crippen molar-refractivity contribution in [3.8, 4) is 17.3 Å². The molecule has 0 saturated heterocycles. The number of halogens is 3. The van der Waals surface area contributed by atoms with Gasteiger partial charge in [-0.3, -0.25) is 4.79 Å². The van der Waals surface area contributed by atoms with Gasteiger partial charge in [-0.25, -0.2) is 9.29 Å². The number of anilines is 1. The van der Waals surface area contributed by atoms with Crippen molar-refractivity contribution in [3.05, 3.63) is 53.3 Å². The Kier molecular flexibility index (Phi) is 7.84. The average Bonchev–Trinajstić information content (AvgIpc) is 3.33. The first-order valence-corrected chi connectivity index (χ1v) is 12.4. The zero-order valence-electron chi connectivity index (χ0n) is 20.2. The predicted octanol–water partition coefficient (Wildman–Crippen LogP) is 5.14. The molecule has 0 unspecified atom stereocenters. The van der Waals surface area contributed by atoms with E-state index >= 15 is 0 Å². The number of nitrogens with zero attached hydrogens (tertiary/aromatic N) is 5. The van der Waals surface area contributed by atoms with Gasteiger partial charge in [-0.1, -0.05) is 18.0 Å². The highest BCUT2D eigenvalue weighted by Gasteiger charge is 2.28. The van der Waals surface area contributed by atoms with Gasteiger partial charge in [-0.2, -0.15) is 13.2 Å². The third-order valence-electron chi connectivity index (χ3n) is 5.75. The van der Waals surface area contributed by atoms with Crippen LogP contribution in [-0.4, -0.2) is 55.5 Å². The van der Waals surface area contributed by atoms with E-state index in [1.807, 2.05) is 28.8 Å². The fourth-order valence-corrected chi connectivity index (χ4v) is 4.96. The molecule has 1 N–H and O–H groups in total. The van der Waals surface area contributed by atoms with Gasteiger partial charge < -0.3 is 14.6 Å². The lowest BCUT2D eigenvalue weighted by molar-refractivity contribution is -0.129. The number of carbonyl (C=O) groups is 1. The summed E-state index contributed by atoms with van der Waals surface area (Å²) in [5, 5.41) is 10.9. The third kappa shape index (κ3) is 6.16. The number of aromatic nitrogens is 4. The smallest absolute Gasteiger partial charge is 0.389 e. The molecule has 4 rings (SSSR count). The molecule has 0 spiro atoms. The molecule has 3 heterocycles. The van der Waals surface area contributed by atoms with E-state index in [0.717, 1.165) is 11.1 Å². The van der Waals surface area contributed by atoms with Gasteiger partial charge >= 0.3 is 6.18 Å². The highest BCUT2D eigenvalue weighted by molar-refractivity contribution is 7.96. The fraction of sp³-hybridized carbons (Fsp3) is 0.417. The number of hydrogen-bond acceptors (Lipinski definition) is 7. The summed E-state index contributed by atoms with van der Waals surface area (Å²) in [5.41, 5.74) is 2.81. The first-order chi connectivity index (χ1) is 17.1. The normalized spacial score (nSPS) is 14.1. The Morgan fingerprint density at radius 2 is 2.06 bits per heavy atom. The zero-order chi connectivity index (χ0) is 25.9. The van der Waals surface area contributed by atoms with Crippen molar-refractivity contribution in [3.63, 3.8) is 0 Å². The molecular weight excluding hydrogens is 493 g/mol. The summed E-state index contributed by atoms with van der Waals surface area (Å²) < 4.78 is 46.8. The number of hydrogen-bond donors (Lipinski definition) is 1. The maximum atomic E-state index is 13.2. The van der Waals surface area contributed by atoms with Gasteiger partial charge in [0.15, 0.2) is 5.82 Å². The third-order valence-corrected chi connectivity index (χ3v) is 6.82. The van der Waals surface area contributed by atoms with Crippen molar-refractivity contribution in [2.75, 3.05) is 24.7 Å². The lowest BCUT2D eigenvalue weighted by atomic mass is 9.97. The van der Waals surface area contributed by atoms with Crippen molar-refractivity contribution >= 4 is 23.7 Å². The van der Waals surface area contributed by atoms with E-state index in [1.54, 1.807) is 30.6 Å². The Balaban J connectivity index is 1.51. The summed E-state index contributed by atoms with van der Waals surface area (Å²) >= 11 is 1.18. The number of fused-ring (bicyclic) bond motifs is 1. The summed E-state index contributed by atoms with van der Waals surface area (Å²) in [6, 6.07) is 8.97. The van der Waals surface area contributed by atoms with Crippen molar-refractivity contribution in [2.24, 2.45) is 0 Å². The molecule has 1 aliphatic heterocycles. The highest BCUT2D eigenvalue weighted by Crippen LogP contribution is 2.32. The van der Waals surface area contributed by atoms with Crippen LogP contribution in [0.2, 0.25) is 0 Å². The van der Waals surface area contributed by atoms with Crippen LogP contribution in [0.3, 0.4) is 0 Å². The molecule has 36 heavy (non-hydrogen) atoms. The summed E-state index contributed by atoms with van der Waals surface area (Å²) in [7, 11) is 1.50. The molecule has 192 valence electrons. The van der Waals surface area contributed by atoms with Gasteiger partial charge in [-0.15, -0.1) is 10.2 Å². The van der Waals surface area contributed by atoms with E-state index in [0.29, 0.717) is 48.2 Å². The number of pyridine rings is 1. The molecule has 0 atom stereocenters. The van der Waals surface area contributed by atoms with E-state index in [-0.39, 0.29) is 11.8 Å². The molecule has 2 aromatic heterocycles. The molecule has 8 nitrogen and oxygen atoms in total. The quantitative estimate of drug-likeness (QED) is 0.412. The molecule has 3 aromatic rings. The standard InChI is InChI=1S/C24H27F3N6O2S/c1-15(2)33-14-28-31-22(33)19-5-4-6-21(29-19)30-23(34)18-11-17-13-32(36-10-8-24(25,26)27)9-7-16(17)12-20(18)35-3/h4-6,11-12,14-15H,7-10,13H2,1-3H3,(H,29,30,34). The van der Waals surface area contributed by atoms with Crippen LogP contribution in [0.25, 0.3) is 11.5 Å². The maximum absolute atomic E-state index is 13.2. The number of amides is 1.